The van der Waals surface area contributed by atoms with Gasteiger partial charge in [-0.1, -0.05) is 90.9 Å². The van der Waals surface area contributed by atoms with Crippen molar-refractivity contribution < 1.29 is 13.5 Å². The number of hydrogen-bond acceptors (Lipinski definition) is 4. The summed E-state index contributed by atoms with van der Waals surface area (Å²) in [7, 11) is 0. The number of ether oxygens (including phenoxy) is 1. The Morgan fingerprint density at radius 1 is 0.500 bits per heavy atom. The molecule has 0 saturated heterocycles. The molecule has 0 N–H and O–H groups in total. The van der Waals surface area contributed by atoms with Crippen molar-refractivity contribution in [1.29, 1.82) is 0 Å². The Hall–Kier alpha value is -2.02. The number of unbranched alkanes of at least 4 members (excludes halogenated alkanes) is 12. The average molecular weight is 629 g/mol. The van der Waals surface area contributed by atoms with E-state index in [0.717, 1.165) is 33.9 Å². The zero-order valence-corrected chi connectivity index (χ0v) is 27.8. The fourth-order valence-electron chi connectivity index (χ4n) is 5.19. The van der Waals surface area contributed by atoms with Crippen LogP contribution in [-0.4, -0.2) is 6.61 Å². The summed E-state index contributed by atoms with van der Waals surface area (Å²) in [4.78, 5) is 6.95. The molecule has 0 atom stereocenters. The lowest BCUT2D eigenvalue weighted by Crippen LogP contribution is -2.01. The van der Waals surface area contributed by atoms with E-state index in [2.05, 4.69) is 38.1 Å². The second kappa shape index (κ2) is 17.9. The average Bonchev–Trinajstić information content (AvgIpc) is 3.77. The second-order valence-electron chi connectivity index (χ2n) is 11.2. The molecule has 0 aliphatic carbocycles. The monoisotopic (exact) mass is 628 g/mol. The lowest BCUT2D eigenvalue weighted by atomic mass is 10.1. The molecule has 42 heavy (non-hydrogen) atoms. The minimum Gasteiger partial charge on any atom is -0.490 e. The van der Waals surface area contributed by atoms with Gasteiger partial charge in [0.05, 0.1) is 6.61 Å². The molecule has 0 fully saturated rings. The van der Waals surface area contributed by atoms with Crippen LogP contribution in [0.25, 0.3) is 29.9 Å². The van der Waals surface area contributed by atoms with Crippen molar-refractivity contribution in [1.82, 2.24) is 0 Å². The Labute approximate surface area is 264 Å². The molecule has 228 valence electrons. The molecule has 1 nitrogen and oxygen atoms in total. The molecule has 0 aliphatic heterocycles. The van der Waals surface area contributed by atoms with Crippen LogP contribution in [0.15, 0.2) is 48.5 Å². The third kappa shape index (κ3) is 9.75. The predicted molar refractivity (Wildman–Crippen MR) is 181 cm³/mol. The minimum absolute atomic E-state index is 0.00698. The highest BCUT2D eigenvalue weighted by molar-refractivity contribution is 7.27. The van der Waals surface area contributed by atoms with Crippen LogP contribution in [0.3, 0.4) is 0 Å². The van der Waals surface area contributed by atoms with Gasteiger partial charge in [-0.15, -0.1) is 34.0 Å². The van der Waals surface area contributed by atoms with E-state index in [0.29, 0.717) is 6.61 Å². The van der Waals surface area contributed by atoms with Gasteiger partial charge in [0.2, 0.25) is 5.82 Å². The second-order valence-corrected chi connectivity index (χ2v) is 14.5. The minimum atomic E-state index is -0.892. The standard InChI is InChI=1S/C36H46F2OS3/c1-3-5-7-9-10-11-12-13-14-16-26-39-29-20-19-28(35(37)36(29)38)30-22-23-33(41-30)34-25-24-32(42-34)31-21-18-27(40-31)17-15-8-6-4-2/h18-25H,3-17,26H2,1-2H3. The normalized spacial score (nSPS) is 11.4. The Balaban J connectivity index is 1.26. The first kappa shape index (κ1) is 32.9. The van der Waals surface area contributed by atoms with Crippen LogP contribution in [0.2, 0.25) is 0 Å². The Kier molecular flexibility index (Phi) is 14.0. The fourth-order valence-corrected chi connectivity index (χ4v) is 8.46. The molecular formula is C36H46F2OS3. The van der Waals surface area contributed by atoms with Crippen molar-refractivity contribution in [3.8, 4) is 35.7 Å². The quantitative estimate of drug-likeness (QED) is 0.0885. The highest BCUT2D eigenvalue weighted by atomic mass is 32.1. The number of hydrogen-bond donors (Lipinski definition) is 0. The van der Waals surface area contributed by atoms with Crippen molar-refractivity contribution in [2.45, 2.75) is 110 Å². The van der Waals surface area contributed by atoms with E-state index < -0.39 is 11.6 Å². The van der Waals surface area contributed by atoms with Gasteiger partial charge in [0.1, 0.15) is 0 Å². The zero-order valence-electron chi connectivity index (χ0n) is 25.3. The highest BCUT2D eigenvalue weighted by Gasteiger charge is 2.18. The molecule has 4 aromatic rings. The molecule has 0 unspecified atom stereocenters. The van der Waals surface area contributed by atoms with Gasteiger partial charge < -0.3 is 4.74 Å². The first-order chi connectivity index (χ1) is 20.6. The van der Waals surface area contributed by atoms with Crippen molar-refractivity contribution in [3.63, 3.8) is 0 Å². The molecule has 3 heterocycles. The summed E-state index contributed by atoms with van der Waals surface area (Å²) in [5.41, 5.74) is 0.290. The molecule has 6 heteroatoms. The molecular weight excluding hydrogens is 583 g/mol. The van der Waals surface area contributed by atoms with Crippen molar-refractivity contribution in [3.05, 3.63) is 65.0 Å². The first-order valence-corrected chi connectivity index (χ1v) is 18.5. The molecule has 0 saturated carbocycles. The summed E-state index contributed by atoms with van der Waals surface area (Å²) < 4.78 is 35.6. The Morgan fingerprint density at radius 3 is 1.64 bits per heavy atom. The maximum absolute atomic E-state index is 15.1. The number of thiophene rings is 3. The van der Waals surface area contributed by atoms with Gasteiger partial charge in [0.25, 0.3) is 0 Å². The van der Waals surface area contributed by atoms with E-state index in [-0.39, 0.29) is 11.3 Å². The van der Waals surface area contributed by atoms with E-state index >= 15 is 4.39 Å². The smallest absolute Gasteiger partial charge is 0.201 e. The maximum Gasteiger partial charge on any atom is 0.201 e. The van der Waals surface area contributed by atoms with Gasteiger partial charge in [-0.05, 0) is 67.8 Å². The van der Waals surface area contributed by atoms with E-state index in [1.165, 1.54) is 103 Å². The number of benzene rings is 1. The Morgan fingerprint density at radius 2 is 1.00 bits per heavy atom. The SMILES string of the molecule is CCCCCCCCCCCCOc1ccc(-c2ccc(-c3ccc(-c4ccc(CCCCCC)s4)s3)s2)c(F)c1F. The first-order valence-electron chi connectivity index (χ1n) is 16.0. The molecule has 0 radical (unpaired) electrons. The molecule has 0 spiro atoms. The van der Waals surface area contributed by atoms with Crippen LogP contribution in [0.1, 0.15) is 109 Å². The predicted octanol–water partition coefficient (Wildman–Crippen LogP) is 13.6. The summed E-state index contributed by atoms with van der Waals surface area (Å²) >= 11 is 5.14. The maximum atomic E-state index is 15.1. The van der Waals surface area contributed by atoms with E-state index in [9.17, 15) is 4.39 Å². The molecule has 0 bridgehead atoms. The van der Waals surface area contributed by atoms with Crippen molar-refractivity contribution >= 4 is 34.0 Å². The highest BCUT2D eigenvalue weighted by Crippen LogP contribution is 2.43. The van der Waals surface area contributed by atoms with Gasteiger partial charge in [-0.25, -0.2) is 4.39 Å². The van der Waals surface area contributed by atoms with Crippen LogP contribution in [0.4, 0.5) is 8.78 Å². The van der Waals surface area contributed by atoms with Crippen LogP contribution in [0, 0.1) is 11.6 Å². The van der Waals surface area contributed by atoms with Gasteiger partial charge >= 0.3 is 0 Å². The van der Waals surface area contributed by atoms with Gasteiger partial charge in [-0.3, -0.25) is 0 Å². The van der Waals surface area contributed by atoms with Crippen LogP contribution >= 0.6 is 34.0 Å². The van der Waals surface area contributed by atoms with E-state index in [4.69, 9.17) is 4.74 Å². The van der Waals surface area contributed by atoms with Gasteiger partial charge in [0.15, 0.2) is 11.6 Å². The zero-order chi connectivity index (χ0) is 29.6. The van der Waals surface area contributed by atoms with Gasteiger partial charge in [-0.2, -0.15) is 4.39 Å². The molecule has 3 aromatic heterocycles. The van der Waals surface area contributed by atoms with Crippen molar-refractivity contribution in [2.24, 2.45) is 0 Å². The molecule has 0 aliphatic rings. The lowest BCUT2D eigenvalue weighted by Gasteiger charge is -2.10. The van der Waals surface area contributed by atoms with Crippen LogP contribution in [0.5, 0.6) is 5.75 Å². The van der Waals surface area contributed by atoms with Crippen LogP contribution < -0.4 is 4.74 Å². The molecule has 1 aromatic carbocycles. The summed E-state index contributed by atoms with van der Waals surface area (Å²) in [6.45, 7) is 4.91. The molecule has 4 rings (SSSR count). The van der Waals surface area contributed by atoms with E-state index in [1.54, 1.807) is 23.5 Å². The summed E-state index contributed by atoms with van der Waals surface area (Å²) in [5.74, 6) is -1.72. The third-order valence-corrected chi connectivity index (χ3v) is 11.4. The topological polar surface area (TPSA) is 9.23 Å². The number of halogens is 2. The van der Waals surface area contributed by atoms with Gasteiger partial charge in [0, 0.05) is 34.8 Å². The Bertz CT molecular complexity index is 1340. The summed E-state index contributed by atoms with van der Waals surface area (Å²) in [5, 5.41) is 0. The lowest BCUT2D eigenvalue weighted by molar-refractivity contribution is 0.285. The van der Waals surface area contributed by atoms with Crippen LogP contribution in [-0.2, 0) is 6.42 Å². The fraction of sp³-hybridized carbons (Fsp3) is 0.500. The number of aryl methyl sites for hydroxylation is 1. The van der Waals surface area contributed by atoms with Crippen molar-refractivity contribution in [2.75, 3.05) is 6.61 Å². The number of rotatable bonds is 20. The largest absolute Gasteiger partial charge is 0.490 e. The molecule has 0 amide bonds. The summed E-state index contributed by atoms with van der Waals surface area (Å²) in [6, 6.07) is 15.9. The summed E-state index contributed by atoms with van der Waals surface area (Å²) in [6.07, 6.45) is 18.6. The van der Waals surface area contributed by atoms with E-state index in [1.807, 2.05) is 23.5 Å². The third-order valence-electron chi connectivity index (χ3n) is 7.70.